The number of methoxy groups -OCH3 is 3. The smallest absolute Gasteiger partial charge is 0.340 e. The van der Waals surface area contributed by atoms with Gasteiger partial charge < -0.3 is 23.7 Å². The van der Waals surface area contributed by atoms with Crippen LogP contribution in [0.25, 0.3) is 0 Å². The molecule has 0 bridgehead atoms. The first-order valence-corrected chi connectivity index (χ1v) is 9.64. The van der Waals surface area contributed by atoms with Gasteiger partial charge in [0.25, 0.3) is 10.0 Å². The summed E-state index contributed by atoms with van der Waals surface area (Å²) in [6, 6.07) is 6.94. The van der Waals surface area contributed by atoms with E-state index < -0.39 is 16.0 Å². The molecule has 2 aromatic rings. The third-order valence-corrected chi connectivity index (χ3v) is 5.36. The summed E-state index contributed by atoms with van der Waals surface area (Å²) in [6.45, 7) is 0.720. The first-order chi connectivity index (χ1) is 13.4. The maximum absolute atomic E-state index is 12.9. The highest BCUT2D eigenvalue weighted by Gasteiger charge is 2.24. The number of esters is 1. The molecule has 3 rings (SSSR count). The largest absolute Gasteiger partial charge is 0.493 e. The van der Waals surface area contributed by atoms with E-state index in [9.17, 15) is 13.2 Å². The molecule has 28 heavy (non-hydrogen) atoms. The lowest BCUT2D eigenvalue weighted by molar-refractivity contribution is 0.0601. The van der Waals surface area contributed by atoms with Gasteiger partial charge in [-0.3, -0.25) is 4.72 Å². The van der Waals surface area contributed by atoms with Crippen LogP contribution < -0.4 is 23.7 Å². The SMILES string of the molecule is COC(=O)c1cc(OC)c(OC)cc1NS(=O)(=O)c1ccc2c(c1)OCCO2. The second kappa shape index (κ2) is 7.85. The van der Waals surface area contributed by atoms with Crippen LogP contribution >= 0.6 is 0 Å². The lowest BCUT2D eigenvalue weighted by Crippen LogP contribution is -2.18. The van der Waals surface area contributed by atoms with Crippen LogP contribution in [0.4, 0.5) is 5.69 Å². The number of ether oxygens (including phenoxy) is 5. The van der Waals surface area contributed by atoms with Gasteiger partial charge in [0.1, 0.15) is 13.2 Å². The van der Waals surface area contributed by atoms with Crippen LogP contribution in [0, 0.1) is 0 Å². The van der Waals surface area contributed by atoms with E-state index in [4.69, 9.17) is 23.7 Å². The van der Waals surface area contributed by atoms with Crippen molar-refractivity contribution in [3.8, 4) is 23.0 Å². The van der Waals surface area contributed by atoms with Crippen molar-refractivity contribution in [2.75, 3.05) is 39.3 Å². The van der Waals surface area contributed by atoms with Gasteiger partial charge in [0.2, 0.25) is 0 Å². The van der Waals surface area contributed by atoms with Gasteiger partial charge in [-0.1, -0.05) is 0 Å². The van der Waals surface area contributed by atoms with Gasteiger partial charge in [0, 0.05) is 18.2 Å². The maximum Gasteiger partial charge on any atom is 0.340 e. The van der Waals surface area contributed by atoms with Crippen molar-refractivity contribution in [3.05, 3.63) is 35.9 Å². The van der Waals surface area contributed by atoms with Gasteiger partial charge in [-0.25, -0.2) is 13.2 Å². The standard InChI is InChI=1S/C18H19NO8S/c1-23-15-9-12(18(20)25-3)13(10-16(15)24-2)19-28(21,22)11-4-5-14-17(8-11)27-7-6-26-14/h4-5,8-10,19H,6-7H2,1-3H3. The molecule has 1 aliphatic heterocycles. The number of benzene rings is 2. The Morgan fingerprint density at radius 2 is 1.61 bits per heavy atom. The molecule has 0 spiro atoms. The van der Waals surface area contributed by atoms with E-state index in [1.165, 1.54) is 51.7 Å². The van der Waals surface area contributed by atoms with E-state index in [1.54, 1.807) is 0 Å². The van der Waals surface area contributed by atoms with Gasteiger partial charge in [0.05, 0.1) is 37.5 Å². The second-order valence-electron chi connectivity index (χ2n) is 5.66. The number of carbonyl (C=O) groups is 1. The molecule has 1 heterocycles. The van der Waals surface area contributed by atoms with Crippen molar-refractivity contribution in [2.45, 2.75) is 4.90 Å². The summed E-state index contributed by atoms with van der Waals surface area (Å²) >= 11 is 0. The Labute approximate surface area is 162 Å². The fourth-order valence-corrected chi connectivity index (χ4v) is 3.72. The van der Waals surface area contributed by atoms with Crippen LogP contribution in [0.3, 0.4) is 0 Å². The molecule has 0 saturated carbocycles. The Hall–Kier alpha value is -3.14. The average Bonchev–Trinajstić information content (AvgIpc) is 2.72. The molecule has 2 aromatic carbocycles. The third-order valence-electron chi connectivity index (χ3n) is 4.00. The average molecular weight is 409 g/mol. The predicted molar refractivity (Wildman–Crippen MR) is 99.1 cm³/mol. The minimum atomic E-state index is -4.05. The Morgan fingerprint density at radius 1 is 0.964 bits per heavy atom. The van der Waals surface area contributed by atoms with Crippen LogP contribution in [0.15, 0.2) is 35.2 Å². The highest BCUT2D eigenvalue weighted by Crippen LogP contribution is 2.36. The summed E-state index contributed by atoms with van der Waals surface area (Å²) in [7, 11) is -0.0544. The maximum atomic E-state index is 12.9. The topological polar surface area (TPSA) is 109 Å². The summed E-state index contributed by atoms with van der Waals surface area (Å²) < 4.78 is 54.1. The lowest BCUT2D eigenvalue weighted by atomic mass is 10.1. The summed E-state index contributed by atoms with van der Waals surface area (Å²) in [5.74, 6) is 0.558. The van der Waals surface area contributed by atoms with E-state index >= 15 is 0 Å². The van der Waals surface area contributed by atoms with Crippen LogP contribution in [0.2, 0.25) is 0 Å². The molecule has 0 unspecified atom stereocenters. The Balaban J connectivity index is 2.02. The Kier molecular flexibility index (Phi) is 5.50. The fourth-order valence-electron chi connectivity index (χ4n) is 2.64. The number of carbonyl (C=O) groups excluding carboxylic acids is 1. The molecule has 0 atom stereocenters. The molecule has 0 aliphatic carbocycles. The molecule has 1 aliphatic rings. The summed E-state index contributed by atoms with van der Waals surface area (Å²) in [5.41, 5.74) is -0.0411. The van der Waals surface area contributed by atoms with Crippen LogP contribution in [-0.2, 0) is 14.8 Å². The normalized spacial score (nSPS) is 12.8. The number of hydrogen-bond acceptors (Lipinski definition) is 8. The highest BCUT2D eigenvalue weighted by atomic mass is 32.2. The summed E-state index contributed by atoms with van der Waals surface area (Å²) in [5, 5.41) is 0. The van der Waals surface area contributed by atoms with Crippen molar-refractivity contribution in [2.24, 2.45) is 0 Å². The van der Waals surface area contributed by atoms with Crippen LogP contribution in [-0.4, -0.2) is 48.9 Å². The zero-order valence-corrected chi connectivity index (χ0v) is 16.3. The zero-order valence-electron chi connectivity index (χ0n) is 15.5. The Morgan fingerprint density at radius 3 is 2.25 bits per heavy atom. The number of rotatable bonds is 6. The number of anilines is 1. The van der Waals surface area contributed by atoms with E-state index in [-0.39, 0.29) is 27.6 Å². The van der Waals surface area contributed by atoms with E-state index in [1.807, 2.05) is 0 Å². The van der Waals surface area contributed by atoms with Gasteiger partial charge in [-0.15, -0.1) is 0 Å². The molecule has 1 N–H and O–H groups in total. The van der Waals surface area contributed by atoms with E-state index in [2.05, 4.69) is 4.72 Å². The molecule has 0 aromatic heterocycles. The monoisotopic (exact) mass is 409 g/mol. The molecule has 10 heteroatoms. The number of fused-ring (bicyclic) bond motifs is 1. The lowest BCUT2D eigenvalue weighted by Gasteiger charge is -2.19. The first kappa shape index (κ1) is 19.6. The fraction of sp³-hybridized carbons (Fsp3) is 0.278. The van der Waals surface area contributed by atoms with Crippen molar-refractivity contribution in [1.29, 1.82) is 0 Å². The minimum Gasteiger partial charge on any atom is -0.493 e. The van der Waals surface area contributed by atoms with Crippen LogP contribution in [0.5, 0.6) is 23.0 Å². The summed E-state index contributed by atoms with van der Waals surface area (Å²) in [6.07, 6.45) is 0. The van der Waals surface area contributed by atoms with Gasteiger partial charge in [-0.2, -0.15) is 0 Å². The number of nitrogens with one attached hydrogen (secondary N) is 1. The number of hydrogen-bond donors (Lipinski definition) is 1. The van der Waals surface area contributed by atoms with Gasteiger partial charge >= 0.3 is 5.97 Å². The number of sulfonamides is 1. The minimum absolute atomic E-state index is 0.0145. The quantitative estimate of drug-likeness (QED) is 0.722. The van der Waals surface area contributed by atoms with Crippen molar-refractivity contribution < 1.29 is 36.9 Å². The van der Waals surface area contributed by atoms with Crippen molar-refractivity contribution in [3.63, 3.8) is 0 Å². The molecular weight excluding hydrogens is 390 g/mol. The van der Waals surface area contributed by atoms with Crippen molar-refractivity contribution in [1.82, 2.24) is 0 Å². The molecule has 0 fully saturated rings. The second-order valence-corrected chi connectivity index (χ2v) is 7.34. The highest BCUT2D eigenvalue weighted by molar-refractivity contribution is 7.92. The van der Waals surface area contributed by atoms with Gasteiger partial charge in [0.15, 0.2) is 23.0 Å². The zero-order chi connectivity index (χ0) is 20.3. The van der Waals surface area contributed by atoms with Crippen LogP contribution in [0.1, 0.15) is 10.4 Å². The van der Waals surface area contributed by atoms with Gasteiger partial charge in [-0.05, 0) is 12.1 Å². The van der Waals surface area contributed by atoms with Crippen molar-refractivity contribution >= 4 is 21.7 Å². The molecule has 0 radical (unpaired) electrons. The summed E-state index contributed by atoms with van der Waals surface area (Å²) in [4.78, 5) is 12.1. The molecule has 0 saturated heterocycles. The molecular formula is C18H19NO8S. The Bertz CT molecular complexity index is 1000. The molecule has 150 valence electrons. The first-order valence-electron chi connectivity index (χ1n) is 8.16. The molecule has 0 amide bonds. The predicted octanol–water partition coefficient (Wildman–Crippen LogP) is 2.06. The van der Waals surface area contributed by atoms with E-state index in [0.717, 1.165) is 0 Å². The third kappa shape index (κ3) is 3.77. The molecule has 9 nitrogen and oxygen atoms in total. The van der Waals surface area contributed by atoms with E-state index in [0.29, 0.717) is 24.7 Å².